The molecule has 1 atom stereocenters. The largest absolute Gasteiger partial charge is 0.390 e. The second kappa shape index (κ2) is 5.86. The number of hydrogen-bond acceptors (Lipinski definition) is 3. The van der Waals surface area contributed by atoms with E-state index in [1.54, 1.807) is 0 Å². The Morgan fingerprint density at radius 3 is 2.55 bits per heavy atom. The minimum atomic E-state index is -4.58. The highest BCUT2D eigenvalue weighted by molar-refractivity contribution is 7.91. The van der Waals surface area contributed by atoms with Gasteiger partial charge in [-0.15, -0.1) is 0 Å². The zero-order valence-electron chi connectivity index (χ0n) is 11.3. The standard InChI is InChI=1S/C13H13F4NO3S/c14-7-9-5-8-1-2-10(6-11(8)12(19)18-9)22(20,21)4-3-13(15,16)17/h1-2,6,9H,3-5,7H2,(H,18,19). The van der Waals surface area contributed by atoms with Crippen LogP contribution >= 0.6 is 0 Å². The summed E-state index contributed by atoms with van der Waals surface area (Å²) < 4.78 is 72.9. The number of benzene rings is 1. The summed E-state index contributed by atoms with van der Waals surface area (Å²) in [4.78, 5) is 11.5. The first-order valence-electron chi connectivity index (χ1n) is 6.41. The lowest BCUT2D eigenvalue weighted by Gasteiger charge is -2.23. The molecular formula is C13H13F4NO3S. The Bertz CT molecular complexity index is 685. The van der Waals surface area contributed by atoms with E-state index >= 15 is 0 Å². The predicted octanol–water partition coefficient (Wildman–Crippen LogP) is 2.04. The highest BCUT2D eigenvalue weighted by Gasteiger charge is 2.31. The Balaban J connectivity index is 2.28. The van der Waals surface area contributed by atoms with Crippen LogP contribution < -0.4 is 5.32 Å². The van der Waals surface area contributed by atoms with Crippen LogP contribution in [0.4, 0.5) is 17.6 Å². The number of nitrogens with one attached hydrogen (secondary N) is 1. The number of halogens is 4. The van der Waals surface area contributed by atoms with Crippen LogP contribution in [0.2, 0.25) is 0 Å². The lowest BCUT2D eigenvalue weighted by atomic mass is 9.96. The molecule has 0 fully saturated rings. The van der Waals surface area contributed by atoms with Crippen molar-refractivity contribution in [2.75, 3.05) is 12.4 Å². The summed E-state index contributed by atoms with van der Waals surface area (Å²) in [6.45, 7) is -0.753. The molecule has 2 rings (SSSR count). The van der Waals surface area contributed by atoms with Gasteiger partial charge in [0.05, 0.1) is 23.1 Å². The Morgan fingerprint density at radius 1 is 1.27 bits per heavy atom. The van der Waals surface area contributed by atoms with Gasteiger partial charge in [-0.05, 0) is 24.1 Å². The van der Waals surface area contributed by atoms with Gasteiger partial charge in [0.25, 0.3) is 5.91 Å². The van der Waals surface area contributed by atoms with Crippen LogP contribution in [0.3, 0.4) is 0 Å². The molecule has 9 heteroatoms. The van der Waals surface area contributed by atoms with E-state index in [9.17, 15) is 30.8 Å². The summed E-state index contributed by atoms with van der Waals surface area (Å²) >= 11 is 0. The van der Waals surface area contributed by atoms with Crippen LogP contribution in [-0.2, 0) is 16.3 Å². The summed E-state index contributed by atoms with van der Waals surface area (Å²) in [6.07, 6.45) is -5.82. The van der Waals surface area contributed by atoms with Crippen LogP contribution in [0.25, 0.3) is 0 Å². The molecule has 1 N–H and O–H groups in total. The van der Waals surface area contributed by atoms with Crippen LogP contribution in [0.1, 0.15) is 22.3 Å². The number of rotatable bonds is 4. The fourth-order valence-electron chi connectivity index (χ4n) is 2.18. The van der Waals surface area contributed by atoms with Crippen molar-refractivity contribution in [1.82, 2.24) is 5.32 Å². The van der Waals surface area contributed by atoms with E-state index in [-0.39, 0.29) is 16.9 Å². The Kier molecular flexibility index (Phi) is 4.46. The third-order valence-corrected chi connectivity index (χ3v) is 5.04. The van der Waals surface area contributed by atoms with Crippen LogP contribution in [0.5, 0.6) is 0 Å². The van der Waals surface area contributed by atoms with Crippen molar-refractivity contribution >= 4 is 15.7 Å². The number of alkyl halides is 4. The molecule has 1 aliphatic heterocycles. The van der Waals surface area contributed by atoms with Crippen molar-refractivity contribution < 1.29 is 30.8 Å². The molecule has 122 valence electrons. The van der Waals surface area contributed by atoms with E-state index in [0.29, 0.717) is 5.56 Å². The SMILES string of the molecule is O=C1NC(CF)Cc2ccc(S(=O)(=O)CCC(F)(F)F)cc21. The summed E-state index contributed by atoms with van der Waals surface area (Å²) in [6, 6.07) is 2.87. The van der Waals surface area contributed by atoms with Gasteiger partial charge in [0.1, 0.15) is 6.67 Å². The molecule has 1 amide bonds. The van der Waals surface area contributed by atoms with Crippen LogP contribution in [0.15, 0.2) is 23.1 Å². The molecule has 1 aromatic rings. The zero-order chi connectivity index (χ0) is 16.5. The fraction of sp³-hybridized carbons (Fsp3) is 0.462. The molecule has 22 heavy (non-hydrogen) atoms. The van der Waals surface area contributed by atoms with Gasteiger partial charge in [-0.25, -0.2) is 12.8 Å². The van der Waals surface area contributed by atoms with E-state index < -0.39 is 46.8 Å². The quantitative estimate of drug-likeness (QED) is 0.854. The van der Waals surface area contributed by atoms with Crippen molar-refractivity contribution in [3.05, 3.63) is 29.3 Å². The molecule has 0 bridgehead atoms. The van der Waals surface area contributed by atoms with Crippen molar-refractivity contribution in [1.29, 1.82) is 0 Å². The molecule has 0 radical (unpaired) electrons. The summed E-state index contributed by atoms with van der Waals surface area (Å²) in [5.41, 5.74) is 0.527. The first-order chi connectivity index (χ1) is 10.1. The molecule has 1 aromatic carbocycles. The van der Waals surface area contributed by atoms with E-state index in [4.69, 9.17) is 0 Å². The fourth-order valence-corrected chi connectivity index (χ4v) is 3.49. The molecular weight excluding hydrogens is 326 g/mol. The monoisotopic (exact) mass is 339 g/mol. The average molecular weight is 339 g/mol. The number of amides is 1. The highest BCUT2D eigenvalue weighted by atomic mass is 32.2. The average Bonchev–Trinajstić information content (AvgIpc) is 2.44. The first-order valence-corrected chi connectivity index (χ1v) is 8.07. The molecule has 4 nitrogen and oxygen atoms in total. The van der Waals surface area contributed by atoms with E-state index in [1.165, 1.54) is 6.07 Å². The maximum atomic E-state index is 12.6. The number of fused-ring (bicyclic) bond motifs is 1. The van der Waals surface area contributed by atoms with E-state index in [0.717, 1.165) is 12.1 Å². The van der Waals surface area contributed by atoms with Crippen molar-refractivity contribution in [2.45, 2.75) is 30.0 Å². The third-order valence-electron chi connectivity index (χ3n) is 3.33. The number of sulfone groups is 1. The Morgan fingerprint density at radius 2 is 1.95 bits per heavy atom. The first kappa shape index (κ1) is 16.7. The molecule has 1 heterocycles. The summed E-state index contributed by atoms with van der Waals surface area (Å²) in [5.74, 6) is -1.71. The second-order valence-corrected chi connectivity index (χ2v) is 7.14. The molecule has 0 saturated carbocycles. The van der Waals surface area contributed by atoms with Gasteiger partial charge < -0.3 is 5.32 Å². The maximum absolute atomic E-state index is 12.6. The van der Waals surface area contributed by atoms with Gasteiger partial charge in [-0.3, -0.25) is 4.79 Å². The van der Waals surface area contributed by atoms with Gasteiger partial charge in [-0.2, -0.15) is 13.2 Å². The van der Waals surface area contributed by atoms with E-state index in [2.05, 4.69) is 5.32 Å². The smallest absolute Gasteiger partial charge is 0.346 e. The zero-order valence-corrected chi connectivity index (χ0v) is 12.1. The molecule has 1 unspecified atom stereocenters. The summed E-state index contributed by atoms with van der Waals surface area (Å²) in [7, 11) is -4.14. The molecule has 1 aliphatic rings. The second-order valence-electron chi connectivity index (χ2n) is 5.03. The summed E-state index contributed by atoms with van der Waals surface area (Å²) in [5, 5.41) is 2.37. The predicted molar refractivity (Wildman–Crippen MR) is 70.1 cm³/mol. The van der Waals surface area contributed by atoms with Crippen molar-refractivity contribution in [2.24, 2.45) is 0 Å². The van der Waals surface area contributed by atoms with Gasteiger partial charge in [-0.1, -0.05) is 6.07 Å². The van der Waals surface area contributed by atoms with Gasteiger partial charge >= 0.3 is 6.18 Å². The van der Waals surface area contributed by atoms with Gasteiger partial charge in [0.2, 0.25) is 0 Å². The number of carbonyl (C=O) groups excluding carboxylic acids is 1. The topological polar surface area (TPSA) is 63.2 Å². The van der Waals surface area contributed by atoms with Crippen LogP contribution in [0, 0.1) is 0 Å². The molecule has 0 spiro atoms. The van der Waals surface area contributed by atoms with Crippen molar-refractivity contribution in [3.8, 4) is 0 Å². The number of hydrogen-bond donors (Lipinski definition) is 1. The lowest BCUT2D eigenvalue weighted by Crippen LogP contribution is -2.42. The number of carbonyl (C=O) groups is 1. The molecule has 0 saturated heterocycles. The Hall–Kier alpha value is -1.64. The normalized spacial score (nSPS) is 18.7. The van der Waals surface area contributed by atoms with Crippen molar-refractivity contribution in [3.63, 3.8) is 0 Å². The third kappa shape index (κ3) is 3.76. The molecule has 0 aromatic heterocycles. The lowest BCUT2D eigenvalue weighted by molar-refractivity contribution is -0.129. The molecule has 0 aliphatic carbocycles. The highest BCUT2D eigenvalue weighted by Crippen LogP contribution is 2.25. The minimum absolute atomic E-state index is 0.0535. The van der Waals surface area contributed by atoms with E-state index in [1.807, 2.05) is 0 Å². The van der Waals surface area contributed by atoms with Gasteiger partial charge in [0.15, 0.2) is 9.84 Å². The Labute approximate surface area is 124 Å². The maximum Gasteiger partial charge on any atom is 0.390 e. The van der Waals surface area contributed by atoms with Crippen LogP contribution in [-0.4, -0.2) is 39.0 Å². The minimum Gasteiger partial charge on any atom is -0.346 e. The van der Waals surface area contributed by atoms with Gasteiger partial charge in [0, 0.05) is 5.56 Å².